The lowest BCUT2D eigenvalue weighted by Gasteiger charge is -2.37. The summed E-state index contributed by atoms with van der Waals surface area (Å²) in [5, 5.41) is 3.65. The summed E-state index contributed by atoms with van der Waals surface area (Å²) in [6.07, 6.45) is 3.34. The Morgan fingerprint density at radius 3 is 2.52 bits per heavy atom. The van der Waals surface area contributed by atoms with Crippen LogP contribution in [-0.2, 0) is 9.59 Å². The second-order valence-electron chi connectivity index (χ2n) is 6.95. The number of hydrogen-bond acceptors (Lipinski definition) is 3. The highest BCUT2D eigenvalue weighted by atomic mass is 35.5. The Kier molecular flexibility index (Phi) is 5.52. The van der Waals surface area contributed by atoms with Crippen molar-refractivity contribution in [2.45, 2.75) is 32.6 Å². The van der Waals surface area contributed by atoms with E-state index in [1.165, 1.54) is 0 Å². The summed E-state index contributed by atoms with van der Waals surface area (Å²) in [5.74, 6) is -0.0736. The summed E-state index contributed by atoms with van der Waals surface area (Å²) in [6, 6.07) is 7.78. The molecular weight excluding hydrogens is 338 g/mol. The summed E-state index contributed by atoms with van der Waals surface area (Å²) in [5.41, 5.74) is 0.296. The molecule has 2 fully saturated rings. The van der Waals surface area contributed by atoms with Crippen LogP contribution in [0, 0.1) is 5.41 Å². The second kappa shape index (κ2) is 7.65. The standard InChI is InChI=1S/C19H26ClN3O2/c1-2-3-9-21-17(24)19(7-8-19)18(25)23-12-10-22(11-13-23)16-6-4-5-15(20)14-16/h4-6,14H,2-3,7-13H2,1H3,(H,21,24). The van der Waals surface area contributed by atoms with Crippen LogP contribution in [-0.4, -0.2) is 49.4 Å². The van der Waals surface area contributed by atoms with Crippen molar-refractivity contribution >= 4 is 29.1 Å². The largest absolute Gasteiger partial charge is 0.368 e. The molecule has 0 aromatic heterocycles. The first-order valence-electron chi connectivity index (χ1n) is 9.15. The molecule has 25 heavy (non-hydrogen) atoms. The smallest absolute Gasteiger partial charge is 0.238 e. The van der Waals surface area contributed by atoms with Gasteiger partial charge in [-0.2, -0.15) is 0 Å². The van der Waals surface area contributed by atoms with E-state index in [2.05, 4.69) is 17.1 Å². The van der Waals surface area contributed by atoms with Gasteiger partial charge >= 0.3 is 0 Å². The topological polar surface area (TPSA) is 52.7 Å². The summed E-state index contributed by atoms with van der Waals surface area (Å²) in [7, 11) is 0. The molecule has 0 atom stereocenters. The average molecular weight is 364 g/mol. The molecule has 1 aromatic rings. The summed E-state index contributed by atoms with van der Waals surface area (Å²) >= 11 is 6.06. The van der Waals surface area contributed by atoms with Crippen molar-refractivity contribution in [3.63, 3.8) is 0 Å². The normalized spacial score (nSPS) is 18.8. The van der Waals surface area contributed by atoms with E-state index in [9.17, 15) is 9.59 Å². The van der Waals surface area contributed by atoms with Crippen LogP contribution in [0.4, 0.5) is 5.69 Å². The lowest BCUT2D eigenvalue weighted by molar-refractivity contribution is -0.144. The maximum absolute atomic E-state index is 12.9. The molecule has 1 aliphatic heterocycles. The Hall–Kier alpha value is -1.75. The van der Waals surface area contributed by atoms with Gasteiger partial charge in [0.25, 0.3) is 0 Å². The Bertz CT molecular complexity index is 637. The fourth-order valence-corrected chi connectivity index (χ4v) is 3.54. The van der Waals surface area contributed by atoms with Crippen molar-refractivity contribution in [1.82, 2.24) is 10.2 Å². The molecule has 0 spiro atoms. The third kappa shape index (κ3) is 3.92. The number of benzene rings is 1. The van der Waals surface area contributed by atoms with E-state index >= 15 is 0 Å². The van der Waals surface area contributed by atoms with E-state index in [-0.39, 0.29) is 11.8 Å². The predicted molar refractivity (Wildman–Crippen MR) is 99.8 cm³/mol. The molecule has 1 N–H and O–H groups in total. The lowest BCUT2D eigenvalue weighted by atomic mass is 10.0. The first-order valence-corrected chi connectivity index (χ1v) is 9.53. The zero-order valence-electron chi connectivity index (χ0n) is 14.8. The molecule has 5 nitrogen and oxygen atoms in total. The van der Waals surface area contributed by atoms with Gasteiger partial charge in [0.05, 0.1) is 0 Å². The van der Waals surface area contributed by atoms with Gasteiger partial charge in [0.1, 0.15) is 5.41 Å². The van der Waals surface area contributed by atoms with Gasteiger partial charge < -0.3 is 15.1 Å². The molecule has 2 amide bonds. The van der Waals surface area contributed by atoms with E-state index in [0.717, 1.165) is 36.6 Å². The van der Waals surface area contributed by atoms with Crippen LogP contribution in [0.15, 0.2) is 24.3 Å². The van der Waals surface area contributed by atoms with Crippen molar-refractivity contribution < 1.29 is 9.59 Å². The number of anilines is 1. The molecule has 0 unspecified atom stereocenters. The summed E-state index contributed by atoms with van der Waals surface area (Å²) in [6.45, 7) is 5.57. The molecule has 3 rings (SSSR count). The number of carbonyl (C=O) groups is 2. The Labute approximate surface area is 154 Å². The lowest BCUT2D eigenvalue weighted by Crippen LogP contribution is -2.53. The monoisotopic (exact) mass is 363 g/mol. The van der Waals surface area contributed by atoms with E-state index in [1.54, 1.807) is 0 Å². The van der Waals surface area contributed by atoms with Crippen LogP contribution in [0.25, 0.3) is 0 Å². The number of piperazine rings is 1. The number of nitrogens with zero attached hydrogens (tertiary/aromatic N) is 2. The van der Waals surface area contributed by atoms with Crippen molar-refractivity contribution in [3.05, 3.63) is 29.3 Å². The highest BCUT2D eigenvalue weighted by molar-refractivity contribution is 6.30. The van der Waals surface area contributed by atoms with Crippen molar-refractivity contribution in [2.75, 3.05) is 37.6 Å². The number of carbonyl (C=O) groups excluding carboxylic acids is 2. The van der Waals surface area contributed by atoms with Crippen LogP contribution in [0.2, 0.25) is 5.02 Å². The number of unbranched alkanes of at least 4 members (excludes halogenated alkanes) is 1. The summed E-state index contributed by atoms with van der Waals surface area (Å²) < 4.78 is 0. The van der Waals surface area contributed by atoms with Crippen LogP contribution < -0.4 is 10.2 Å². The fraction of sp³-hybridized carbons (Fsp3) is 0.579. The van der Waals surface area contributed by atoms with E-state index in [4.69, 9.17) is 11.6 Å². The first kappa shape index (κ1) is 18.1. The molecule has 1 saturated carbocycles. The molecular formula is C19H26ClN3O2. The van der Waals surface area contributed by atoms with Gasteiger partial charge in [-0.25, -0.2) is 0 Å². The quantitative estimate of drug-likeness (QED) is 0.624. The van der Waals surface area contributed by atoms with Crippen LogP contribution in [0.1, 0.15) is 32.6 Å². The van der Waals surface area contributed by atoms with E-state index < -0.39 is 5.41 Å². The number of hydrogen-bond donors (Lipinski definition) is 1. The number of halogens is 1. The van der Waals surface area contributed by atoms with E-state index in [1.807, 2.05) is 29.2 Å². The number of rotatable bonds is 6. The van der Waals surface area contributed by atoms with E-state index in [0.29, 0.717) is 32.5 Å². The number of nitrogens with one attached hydrogen (secondary N) is 1. The maximum atomic E-state index is 12.9. The molecule has 0 bridgehead atoms. The molecule has 2 aliphatic rings. The third-order valence-electron chi connectivity index (χ3n) is 5.15. The fourth-order valence-electron chi connectivity index (χ4n) is 3.35. The maximum Gasteiger partial charge on any atom is 0.238 e. The van der Waals surface area contributed by atoms with Gasteiger partial charge in [0, 0.05) is 43.4 Å². The number of amides is 2. The highest BCUT2D eigenvalue weighted by Gasteiger charge is 2.57. The van der Waals surface area contributed by atoms with Crippen molar-refractivity contribution in [1.29, 1.82) is 0 Å². The van der Waals surface area contributed by atoms with Crippen LogP contribution >= 0.6 is 11.6 Å². The van der Waals surface area contributed by atoms with Crippen LogP contribution in [0.5, 0.6) is 0 Å². The zero-order valence-corrected chi connectivity index (χ0v) is 15.5. The Morgan fingerprint density at radius 1 is 1.20 bits per heavy atom. The third-order valence-corrected chi connectivity index (χ3v) is 5.39. The molecule has 1 heterocycles. The molecule has 136 valence electrons. The zero-order chi connectivity index (χ0) is 17.9. The van der Waals surface area contributed by atoms with Crippen LogP contribution in [0.3, 0.4) is 0 Å². The van der Waals surface area contributed by atoms with Gasteiger partial charge in [0.2, 0.25) is 11.8 Å². The van der Waals surface area contributed by atoms with Gasteiger partial charge in [-0.3, -0.25) is 9.59 Å². The van der Waals surface area contributed by atoms with Gasteiger partial charge in [-0.15, -0.1) is 0 Å². The Morgan fingerprint density at radius 2 is 1.92 bits per heavy atom. The predicted octanol–water partition coefficient (Wildman–Crippen LogP) is 2.69. The summed E-state index contributed by atoms with van der Waals surface area (Å²) in [4.78, 5) is 29.4. The average Bonchev–Trinajstić information content (AvgIpc) is 3.43. The minimum absolute atomic E-state index is 0.00671. The van der Waals surface area contributed by atoms with Crippen molar-refractivity contribution in [2.24, 2.45) is 5.41 Å². The van der Waals surface area contributed by atoms with Gasteiger partial charge in [-0.1, -0.05) is 31.0 Å². The van der Waals surface area contributed by atoms with Gasteiger partial charge in [-0.05, 0) is 37.5 Å². The SMILES string of the molecule is CCCCNC(=O)C1(C(=O)N2CCN(c3cccc(Cl)c3)CC2)CC1. The second-order valence-corrected chi connectivity index (χ2v) is 7.39. The molecule has 6 heteroatoms. The van der Waals surface area contributed by atoms with Gasteiger partial charge in [0.15, 0.2) is 0 Å². The molecule has 1 saturated heterocycles. The minimum atomic E-state index is -0.786. The highest BCUT2D eigenvalue weighted by Crippen LogP contribution is 2.47. The van der Waals surface area contributed by atoms with Crippen molar-refractivity contribution in [3.8, 4) is 0 Å². The Balaban J connectivity index is 1.55. The minimum Gasteiger partial charge on any atom is -0.368 e. The molecule has 1 aromatic carbocycles. The molecule has 1 aliphatic carbocycles. The molecule has 0 radical (unpaired) electrons. The first-order chi connectivity index (χ1) is 12.1.